The zero-order chi connectivity index (χ0) is 14.3. The summed E-state index contributed by atoms with van der Waals surface area (Å²) in [5, 5.41) is 4.21. The first-order chi connectivity index (χ1) is 8.68. The van der Waals surface area contributed by atoms with Crippen LogP contribution in [0.2, 0.25) is 0 Å². The molecule has 0 radical (unpaired) electrons. The van der Waals surface area contributed by atoms with Crippen molar-refractivity contribution in [1.82, 2.24) is 14.8 Å². The molecule has 1 heterocycles. The fraction of sp³-hybridized carbons (Fsp3) is 0.385. The van der Waals surface area contributed by atoms with Gasteiger partial charge in [-0.05, 0) is 18.2 Å². The highest BCUT2D eigenvalue weighted by molar-refractivity contribution is 5.36. The molecule has 3 nitrogen and oxygen atoms in total. The van der Waals surface area contributed by atoms with Crippen LogP contribution in [0.25, 0.3) is 5.69 Å². The summed E-state index contributed by atoms with van der Waals surface area (Å²) in [6.07, 6.45) is -2.93. The summed E-state index contributed by atoms with van der Waals surface area (Å²) in [5.74, 6) is 0.588. The molecule has 2 aromatic rings. The lowest BCUT2D eigenvalue weighted by Gasteiger charge is -2.12. The minimum absolute atomic E-state index is 0.243. The Hall–Kier alpha value is -1.85. The first-order valence-electron chi connectivity index (χ1n) is 5.78. The second-order valence-electron chi connectivity index (χ2n) is 5.31. The Balaban J connectivity index is 2.40. The molecule has 0 bridgehead atoms. The Morgan fingerprint density at radius 3 is 2.32 bits per heavy atom. The molecule has 102 valence electrons. The van der Waals surface area contributed by atoms with E-state index in [1.54, 1.807) is 6.07 Å². The van der Waals surface area contributed by atoms with Gasteiger partial charge >= 0.3 is 6.18 Å². The highest BCUT2D eigenvalue weighted by atomic mass is 19.4. The molecule has 0 unspecified atom stereocenters. The number of hydrogen-bond donors (Lipinski definition) is 0. The molecule has 0 fully saturated rings. The SMILES string of the molecule is CC(C)(C)c1ncn(-c2cccc(C(F)(F)F)c2)n1. The smallest absolute Gasteiger partial charge is 0.221 e. The molecule has 0 aliphatic heterocycles. The van der Waals surface area contributed by atoms with Crippen molar-refractivity contribution in [1.29, 1.82) is 0 Å². The summed E-state index contributed by atoms with van der Waals surface area (Å²) in [6, 6.07) is 5.01. The van der Waals surface area contributed by atoms with Gasteiger partial charge in [0.25, 0.3) is 0 Å². The highest BCUT2D eigenvalue weighted by Gasteiger charge is 2.30. The third kappa shape index (κ3) is 2.94. The van der Waals surface area contributed by atoms with Gasteiger partial charge in [-0.1, -0.05) is 26.8 Å². The van der Waals surface area contributed by atoms with E-state index in [0.29, 0.717) is 11.5 Å². The van der Waals surface area contributed by atoms with Gasteiger partial charge in [0.1, 0.15) is 6.33 Å². The summed E-state index contributed by atoms with van der Waals surface area (Å²) >= 11 is 0. The first-order valence-corrected chi connectivity index (χ1v) is 5.78. The van der Waals surface area contributed by atoms with Crippen molar-refractivity contribution in [3.05, 3.63) is 42.0 Å². The van der Waals surface area contributed by atoms with E-state index in [0.717, 1.165) is 12.1 Å². The number of rotatable bonds is 1. The van der Waals surface area contributed by atoms with Crippen LogP contribution in [-0.4, -0.2) is 14.8 Å². The van der Waals surface area contributed by atoms with Crippen LogP contribution < -0.4 is 0 Å². The van der Waals surface area contributed by atoms with E-state index >= 15 is 0 Å². The fourth-order valence-corrected chi connectivity index (χ4v) is 1.56. The van der Waals surface area contributed by atoms with Gasteiger partial charge < -0.3 is 0 Å². The van der Waals surface area contributed by atoms with Crippen LogP contribution in [0.3, 0.4) is 0 Å². The van der Waals surface area contributed by atoms with E-state index in [4.69, 9.17) is 0 Å². The Kier molecular flexibility index (Phi) is 3.12. The lowest BCUT2D eigenvalue weighted by atomic mass is 9.96. The molecule has 0 saturated carbocycles. The van der Waals surface area contributed by atoms with Gasteiger partial charge in [-0.2, -0.15) is 18.3 Å². The highest BCUT2D eigenvalue weighted by Crippen LogP contribution is 2.30. The molecule has 19 heavy (non-hydrogen) atoms. The maximum atomic E-state index is 12.6. The second-order valence-corrected chi connectivity index (χ2v) is 5.31. The van der Waals surface area contributed by atoms with E-state index in [-0.39, 0.29) is 5.41 Å². The number of hydrogen-bond acceptors (Lipinski definition) is 2. The van der Waals surface area contributed by atoms with Crippen molar-refractivity contribution in [2.24, 2.45) is 0 Å². The van der Waals surface area contributed by atoms with Crippen molar-refractivity contribution in [2.45, 2.75) is 32.4 Å². The molecular weight excluding hydrogens is 255 g/mol. The number of aromatic nitrogens is 3. The summed E-state index contributed by atoms with van der Waals surface area (Å²) in [4.78, 5) is 4.13. The predicted octanol–water partition coefficient (Wildman–Crippen LogP) is 3.58. The van der Waals surface area contributed by atoms with Gasteiger partial charge in [-0.3, -0.25) is 0 Å². The quantitative estimate of drug-likeness (QED) is 0.792. The maximum Gasteiger partial charge on any atom is 0.416 e. The lowest BCUT2D eigenvalue weighted by molar-refractivity contribution is -0.137. The molecule has 0 aliphatic rings. The lowest BCUT2D eigenvalue weighted by Crippen LogP contribution is -2.14. The molecule has 6 heteroatoms. The molecule has 0 N–H and O–H groups in total. The number of nitrogens with zero attached hydrogens (tertiary/aromatic N) is 3. The van der Waals surface area contributed by atoms with Crippen LogP contribution in [0.5, 0.6) is 0 Å². The summed E-state index contributed by atoms with van der Waals surface area (Å²) in [7, 11) is 0. The second kappa shape index (κ2) is 4.36. The van der Waals surface area contributed by atoms with Crippen molar-refractivity contribution in [3.63, 3.8) is 0 Å². The molecule has 2 rings (SSSR count). The van der Waals surface area contributed by atoms with Gasteiger partial charge in [0.05, 0.1) is 11.3 Å². The summed E-state index contributed by atoms with van der Waals surface area (Å²) in [5.41, 5.74) is -0.594. The van der Waals surface area contributed by atoms with Crippen molar-refractivity contribution in [2.75, 3.05) is 0 Å². The van der Waals surface area contributed by atoms with Gasteiger partial charge in [-0.15, -0.1) is 0 Å². The van der Waals surface area contributed by atoms with Crippen LogP contribution in [0.4, 0.5) is 13.2 Å². The first kappa shape index (κ1) is 13.6. The van der Waals surface area contributed by atoms with Crippen LogP contribution >= 0.6 is 0 Å². The van der Waals surface area contributed by atoms with E-state index in [1.807, 2.05) is 20.8 Å². The third-order valence-electron chi connectivity index (χ3n) is 2.60. The van der Waals surface area contributed by atoms with Crippen LogP contribution in [0.1, 0.15) is 32.2 Å². The molecular formula is C13H14F3N3. The molecule has 0 saturated heterocycles. The van der Waals surface area contributed by atoms with Crippen molar-refractivity contribution < 1.29 is 13.2 Å². The van der Waals surface area contributed by atoms with Gasteiger partial charge in [0.2, 0.25) is 0 Å². The molecule has 0 amide bonds. The van der Waals surface area contributed by atoms with Gasteiger partial charge in [0.15, 0.2) is 5.82 Å². The minimum Gasteiger partial charge on any atom is -0.221 e. The van der Waals surface area contributed by atoms with E-state index in [2.05, 4.69) is 10.1 Å². The average Bonchev–Trinajstić information content (AvgIpc) is 2.77. The summed E-state index contributed by atoms with van der Waals surface area (Å²) < 4.78 is 39.3. The molecule has 0 aliphatic carbocycles. The van der Waals surface area contributed by atoms with E-state index in [9.17, 15) is 13.2 Å². The van der Waals surface area contributed by atoms with Crippen molar-refractivity contribution >= 4 is 0 Å². The standard InChI is InChI=1S/C13H14F3N3/c1-12(2,3)11-17-8-19(18-11)10-6-4-5-9(7-10)13(14,15)16/h4-8H,1-3H3. The third-order valence-corrected chi connectivity index (χ3v) is 2.60. The van der Waals surface area contributed by atoms with Crippen molar-refractivity contribution in [3.8, 4) is 5.69 Å². The average molecular weight is 269 g/mol. The Morgan fingerprint density at radius 1 is 1.11 bits per heavy atom. The number of alkyl halides is 3. The molecule has 1 aromatic heterocycles. The molecule has 0 atom stereocenters. The zero-order valence-corrected chi connectivity index (χ0v) is 10.9. The van der Waals surface area contributed by atoms with E-state index in [1.165, 1.54) is 17.1 Å². The van der Waals surface area contributed by atoms with Crippen LogP contribution in [-0.2, 0) is 11.6 Å². The molecule has 1 aromatic carbocycles. The Morgan fingerprint density at radius 2 is 1.79 bits per heavy atom. The Bertz CT molecular complexity index is 579. The fourth-order valence-electron chi connectivity index (χ4n) is 1.56. The summed E-state index contributed by atoms with van der Waals surface area (Å²) in [6.45, 7) is 5.83. The topological polar surface area (TPSA) is 30.7 Å². The van der Waals surface area contributed by atoms with Crippen LogP contribution in [0, 0.1) is 0 Å². The normalized spacial score (nSPS) is 12.7. The largest absolute Gasteiger partial charge is 0.416 e. The van der Waals surface area contributed by atoms with Gasteiger partial charge in [0, 0.05) is 5.41 Å². The monoisotopic (exact) mass is 269 g/mol. The zero-order valence-electron chi connectivity index (χ0n) is 10.9. The van der Waals surface area contributed by atoms with Gasteiger partial charge in [-0.25, -0.2) is 9.67 Å². The number of halogens is 3. The predicted molar refractivity (Wildman–Crippen MR) is 65.1 cm³/mol. The van der Waals surface area contributed by atoms with E-state index < -0.39 is 11.7 Å². The molecule has 0 spiro atoms. The minimum atomic E-state index is -4.36. The Labute approximate surface area is 109 Å². The maximum absolute atomic E-state index is 12.6. The van der Waals surface area contributed by atoms with Crippen LogP contribution in [0.15, 0.2) is 30.6 Å². The number of benzene rings is 1.